The molecule has 1 aliphatic rings. The zero-order valence-corrected chi connectivity index (χ0v) is 17.8. The number of anilines is 1. The Balaban J connectivity index is 1.56. The molecule has 3 nitrogen and oxygen atoms in total. The summed E-state index contributed by atoms with van der Waals surface area (Å²) in [6, 6.07) is 9.57. The standard InChI is InChI=1S/C23H25F3N2OS/c1-22(2,29)15-6-8-17(9-7-15)27-20-11-10-19-21(28-20)18(13-30-19)14-4-3-5-16(12-14)23(24,25)26/h3-5,10-13,15,17,29H,6-9H2,1-2H3,(H,27,28). The van der Waals surface area contributed by atoms with E-state index >= 15 is 0 Å². The molecular weight excluding hydrogens is 409 g/mol. The number of rotatable bonds is 4. The molecule has 1 fully saturated rings. The molecule has 0 radical (unpaired) electrons. The lowest BCUT2D eigenvalue weighted by Crippen LogP contribution is -2.37. The van der Waals surface area contributed by atoms with Crippen LogP contribution in [0.2, 0.25) is 0 Å². The van der Waals surface area contributed by atoms with E-state index < -0.39 is 17.3 Å². The van der Waals surface area contributed by atoms with E-state index in [2.05, 4.69) is 5.32 Å². The van der Waals surface area contributed by atoms with E-state index in [9.17, 15) is 18.3 Å². The molecule has 0 aliphatic heterocycles. The lowest BCUT2D eigenvalue weighted by atomic mass is 9.77. The topological polar surface area (TPSA) is 45.1 Å². The summed E-state index contributed by atoms with van der Waals surface area (Å²) in [6.45, 7) is 3.74. The van der Waals surface area contributed by atoms with Gasteiger partial charge in [0.05, 0.1) is 21.4 Å². The predicted octanol–water partition coefficient (Wildman–Crippen LogP) is 6.72. The van der Waals surface area contributed by atoms with Gasteiger partial charge in [-0.1, -0.05) is 12.1 Å². The first-order valence-electron chi connectivity index (χ1n) is 10.2. The molecule has 1 saturated carbocycles. The summed E-state index contributed by atoms with van der Waals surface area (Å²) in [6.07, 6.45) is -0.546. The second kappa shape index (κ2) is 7.85. The molecule has 2 aromatic heterocycles. The zero-order chi connectivity index (χ0) is 21.5. The van der Waals surface area contributed by atoms with Crippen LogP contribution in [-0.4, -0.2) is 21.7 Å². The Kier molecular flexibility index (Phi) is 5.53. The first-order chi connectivity index (χ1) is 14.1. The number of hydrogen-bond donors (Lipinski definition) is 2. The number of fused-ring (bicyclic) bond motifs is 1. The molecule has 0 spiro atoms. The maximum atomic E-state index is 13.1. The number of nitrogens with one attached hydrogen (secondary N) is 1. The second-order valence-electron chi connectivity index (χ2n) is 8.62. The van der Waals surface area contributed by atoms with Crippen LogP contribution >= 0.6 is 11.3 Å². The summed E-state index contributed by atoms with van der Waals surface area (Å²) in [5.74, 6) is 1.04. The fraction of sp³-hybridized carbons (Fsp3) is 0.435. The van der Waals surface area contributed by atoms with E-state index in [1.54, 1.807) is 6.07 Å². The van der Waals surface area contributed by atoms with Crippen LogP contribution in [0, 0.1) is 5.92 Å². The minimum Gasteiger partial charge on any atom is -0.390 e. The van der Waals surface area contributed by atoms with Gasteiger partial charge in [-0.25, -0.2) is 4.98 Å². The van der Waals surface area contributed by atoms with Crippen molar-refractivity contribution in [2.45, 2.75) is 57.3 Å². The van der Waals surface area contributed by atoms with E-state index in [0.717, 1.165) is 53.3 Å². The van der Waals surface area contributed by atoms with Crippen molar-refractivity contribution in [2.24, 2.45) is 5.92 Å². The number of pyridine rings is 1. The van der Waals surface area contributed by atoms with Crippen LogP contribution in [-0.2, 0) is 6.18 Å². The summed E-state index contributed by atoms with van der Waals surface area (Å²) in [7, 11) is 0. The largest absolute Gasteiger partial charge is 0.416 e. The minimum absolute atomic E-state index is 0.282. The van der Waals surface area contributed by atoms with Gasteiger partial charge < -0.3 is 10.4 Å². The van der Waals surface area contributed by atoms with Gasteiger partial charge in [0, 0.05) is 17.0 Å². The Morgan fingerprint density at radius 1 is 1.07 bits per heavy atom. The normalized spacial score (nSPS) is 20.5. The number of halogens is 3. The summed E-state index contributed by atoms with van der Waals surface area (Å²) in [5.41, 5.74) is 0.646. The van der Waals surface area contributed by atoms with Crippen LogP contribution in [0.15, 0.2) is 41.8 Å². The molecule has 0 amide bonds. The number of hydrogen-bond acceptors (Lipinski definition) is 4. The van der Waals surface area contributed by atoms with Crippen molar-refractivity contribution in [3.05, 3.63) is 47.3 Å². The second-order valence-corrected chi connectivity index (χ2v) is 9.53. The van der Waals surface area contributed by atoms with Crippen LogP contribution in [0.4, 0.5) is 19.0 Å². The number of aliphatic hydroxyl groups is 1. The average Bonchev–Trinajstić information content (AvgIpc) is 3.10. The number of aromatic nitrogens is 1. The van der Waals surface area contributed by atoms with Crippen LogP contribution in [0.3, 0.4) is 0 Å². The average molecular weight is 435 g/mol. The molecule has 2 N–H and O–H groups in total. The molecule has 0 saturated heterocycles. The Morgan fingerprint density at radius 3 is 2.47 bits per heavy atom. The third-order valence-corrected chi connectivity index (χ3v) is 6.93. The molecule has 0 bridgehead atoms. The Labute approximate surface area is 178 Å². The van der Waals surface area contributed by atoms with Crippen molar-refractivity contribution >= 4 is 27.4 Å². The van der Waals surface area contributed by atoms with Gasteiger partial charge in [-0.3, -0.25) is 0 Å². The van der Waals surface area contributed by atoms with Gasteiger partial charge in [-0.2, -0.15) is 13.2 Å². The molecule has 30 heavy (non-hydrogen) atoms. The molecular formula is C23H25F3N2OS. The van der Waals surface area contributed by atoms with E-state index in [4.69, 9.17) is 4.98 Å². The Bertz CT molecular complexity index is 1030. The highest BCUT2D eigenvalue weighted by Crippen LogP contribution is 2.38. The lowest BCUT2D eigenvalue weighted by Gasteiger charge is -2.36. The van der Waals surface area contributed by atoms with E-state index in [-0.39, 0.29) is 6.04 Å². The molecule has 7 heteroatoms. The zero-order valence-electron chi connectivity index (χ0n) is 17.0. The number of nitrogens with zero attached hydrogens (tertiary/aromatic N) is 1. The third kappa shape index (κ3) is 4.47. The number of benzene rings is 1. The molecule has 3 aromatic rings. The summed E-state index contributed by atoms with van der Waals surface area (Å²) in [5, 5.41) is 15.6. The van der Waals surface area contributed by atoms with Crippen molar-refractivity contribution in [2.75, 3.05) is 5.32 Å². The first kappa shape index (κ1) is 21.1. The molecule has 160 valence electrons. The lowest BCUT2D eigenvalue weighted by molar-refractivity contribution is -0.137. The summed E-state index contributed by atoms with van der Waals surface area (Å²) >= 11 is 1.48. The minimum atomic E-state index is -4.37. The van der Waals surface area contributed by atoms with Gasteiger partial charge in [0.2, 0.25) is 0 Å². The quantitative estimate of drug-likeness (QED) is 0.479. The molecule has 1 aliphatic carbocycles. The molecule has 2 heterocycles. The van der Waals surface area contributed by atoms with Gasteiger partial charge in [0.1, 0.15) is 5.82 Å². The molecule has 0 atom stereocenters. The van der Waals surface area contributed by atoms with Crippen LogP contribution in [0.5, 0.6) is 0 Å². The number of alkyl halides is 3. The highest BCUT2D eigenvalue weighted by Gasteiger charge is 2.32. The maximum absolute atomic E-state index is 13.1. The predicted molar refractivity (Wildman–Crippen MR) is 116 cm³/mol. The van der Waals surface area contributed by atoms with Gasteiger partial charge >= 0.3 is 6.18 Å². The number of thiophene rings is 1. The van der Waals surface area contributed by atoms with Crippen molar-refractivity contribution in [3.63, 3.8) is 0 Å². The van der Waals surface area contributed by atoms with Crippen molar-refractivity contribution < 1.29 is 18.3 Å². The maximum Gasteiger partial charge on any atom is 0.416 e. The van der Waals surface area contributed by atoms with Gasteiger partial charge in [0.15, 0.2) is 0 Å². The molecule has 0 unspecified atom stereocenters. The summed E-state index contributed by atoms with van der Waals surface area (Å²) < 4.78 is 40.3. The monoisotopic (exact) mass is 434 g/mol. The Hall–Kier alpha value is -2.12. The van der Waals surface area contributed by atoms with E-state index in [0.29, 0.717) is 11.5 Å². The van der Waals surface area contributed by atoms with Gasteiger partial charge in [0.25, 0.3) is 0 Å². The van der Waals surface area contributed by atoms with E-state index in [1.807, 2.05) is 31.4 Å². The summed E-state index contributed by atoms with van der Waals surface area (Å²) in [4.78, 5) is 4.73. The smallest absolute Gasteiger partial charge is 0.390 e. The highest BCUT2D eigenvalue weighted by molar-refractivity contribution is 7.17. The highest BCUT2D eigenvalue weighted by atomic mass is 32.1. The van der Waals surface area contributed by atoms with E-state index in [1.165, 1.54) is 23.5 Å². The van der Waals surface area contributed by atoms with Crippen molar-refractivity contribution in [3.8, 4) is 11.1 Å². The third-order valence-electron chi connectivity index (χ3n) is 6.00. The molecule has 4 rings (SSSR count). The van der Waals surface area contributed by atoms with Crippen LogP contribution < -0.4 is 5.32 Å². The van der Waals surface area contributed by atoms with Gasteiger partial charge in [-0.15, -0.1) is 11.3 Å². The fourth-order valence-corrected chi connectivity index (χ4v) is 5.12. The van der Waals surface area contributed by atoms with Crippen LogP contribution in [0.1, 0.15) is 45.1 Å². The molecule has 1 aromatic carbocycles. The van der Waals surface area contributed by atoms with Crippen molar-refractivity contribution in [1.29, 1.82) is 0 Å². The fourth-order valence-electron chi connectivity index (χ4n) is 4.21. The Morgan fingerprint density at radius 2 is 1.80 bits per heavy atom. The van der Waals surface area contributed by atoms with Crippen LogP contribution in [0.25, 0.3) is 21.3 Å². The van der Waals surface area contributed by atoms with Crippen molar-refractivity contribution in [1.82, 2.24) is 4.98 Å². The first-order valence-corrected chi connectivity index (χ1v) is 11.0. The van der Waals surface area contributed by atoms with Gasteiger partial charge in [-0.05, 0) is 75.3 Å². The SMILES string of the molecule is CC(C)(O)C1CCC(Nc2ccc3scc(-c4cccc(C(F)(F)F)c4)c3n2)CC1.